The van der Waals surface area contributed by atoms with Crippen LogP contribution >= 0.6 is 0 Å². The quantitative estimate of drug-likeness (QED) is 0.617. The van der Waals surface area contributed by atoms with E-state index >= 15 is 0 Å². The molecule has 0 heterocycles. The zero-order valence-electron chi connectivity index (χ0n) is 13.1. The highest BCUT2D eigenvalue weighted by Gasteiger charge is 2.04. The second kappa shape index (κ2) is 7.03. The number of nitrogens with one attached hydrogen (secondary N) is 1. The lowest BCUT2D eigenvalue weighted by molar-refractivity contribution is 0.104. The van der Waals surface area contributed by atoms with Gasteiger partial charge < -0.3 is 5.32 Å². The molecule has 3 heteroatoms. The van der Waals surface area contributed by atoms with E-state index in [1.807, 2.05) is 31.2 Å². The lowest BCUT2D eigenvalue weighted by Crippen LogP contribution is -1.98. The normalized spacial score (nSPS) is 11.1. The number of aryl methyl sites for hydroxylation is 1. The molecule has 0 unspecified atom stereocenters. The first-order chi connectivity index (χ1) is 10.5. The van der Waals surface area contributed by atoms with E-state index < -0.39 is 0 Å². The molecule has 0 saturated carbocycles. The number of hydrogen-bond donors (Lipinski definition) is 1. The number of ketones is 1. The number of allylic oxidation sites excluding steroid dienone is 1. The van der Waals surface area contributed by atoms with Gasteiger partial charge >= 0.3 is 0 Å². The van der Waals surface area contributed by atoms with Crippen molar-refractivity contribution in [1.82, 2.24) is 0 Å². The molecule has 0 aliphatic rings. The fourth-order valence-electron chi connectivity index (χ4n) is 2.12. The SMILES string of the molecule is Cc1cc(F)ccc1NC=CC(=O)c1ccc(C(C)C)cc1. The molecule has 22 heavy (non-hydrogen) atoms. The lowest BCUT2D eigenvalue weighted by atomic mass is 10.0. The van der Waals surface area contributed by atoms with Crippen molar-refractivity contribution in [3.05, 3.63) is 77.2 Å². The minimum absolute atomic E-state index is 0.0671. The van der Waals surface area contributed by atoms with Crippen molar-refractivity contribution in [1.29, 1.82) is 0 Å². The Morgan fingerprint density at radius 3 is 2.41 bits per heavy atom. The maximum atomic E-state index is 13.0. The second-order valence-corrected chi connectivity index (χ2v) is 5.58. The third-order valence-electron chi connectivity index (χ3n) is 3.52. The smallest absolute Gasteiger partial charge is 0.187 e. The highest BCUT2D eigenvalue weighted by Crippen LogP contribution is 2.16. The minimum Gasteiger partial charge on any atom is -0.361 e. The van der Waals surface area contributed by atoms with Gasteiger partial charge in [-0.3, -0.25) is 4.79 Å². The van der Waals surface area contributed by atoms with Crippen LogP contribution in [0.4, 0.5) is 10.1 Å². The summed E-state index contributed by atoms with van der Waals surface area (Å²) in [6, 6.07) is 12.1. The maximum absolute atomic E-state index is 13.0. The summed E-state index contributed by atoms with van der Waals surface area (Å²) in [5.74, 6) is 0.110. The van der Waals surface area contributed by atoms with Crippen LogP contribution in [0.3, 0.4) is 0 Å². The number of carbonyl (C=O) groups is 1. The van der Waals surface area contributed by atoms with Crippen molar-refractivity contribution in [3.63, 3.8) is 0 Å². The minimum atomic E-state index is -0.270. The number of anilines is 1. The Hall–Kier alpha value is -2.42. The third kappa shape index (κ3) is 4.04. The number of carbonyl (C=O) groups excluding carboxylic acids is 1. The molecule has 2 aromatic carbocycles. The first-order valence-corrected chi connectivity index (χ1v) is 7.31. The van der Waals surface area contributed by atoms with Gasteiger partial charge in [0.1, 0.15) is 5.82 Å². The van der Waals surface area contributed by atoms with Gasteiger partial charge in [0.15, 0.2) is 5.78 Å². The molecule has 0 aliphatic carbocycles. The van der Waals surface area contributed by atoms with E-state index in [4.69, 9.17) is 0 Å². The molecule has 2 aromatic rings. The Morgan fingerprint density at radius 2 is 1.82 bits per heavy atom. The second-order valence-electron chi connectivity index (χ2n) is 5.58. The summed E-state index contributed by atoms with van der Waals surface area (Å²) in [6.45, 7) is 6.04. The predicted octanol–water partition coefficient (Wildman–Crippen LogP) is 5.07. The summed E-state index contributed by atoms with van der Waals surface area (Å²) in [7, 11) is 0. The molecule has 0 atom stereocenters. The molecule has 1 N–H and O–H groups in total. The van der Waals surface area contributed by atoms with Gasteiger partial charge in [0, 0.05) is 23.5 Å². The van der Waals surface area contributed by atoms with Crippen LogP contribution < -0.4 is 5.32 Å². The fraction of sp³-hybridized carbons (Fsp3) is 0.211. The summed E-state index contributed by atoms with van der Waals surface area (Å²) in [6.07, 6.45) is 3.06. The van der Waals surface area contributed by atoms with Crippen LogP contribution in [-0.2, 0) is 0 Å². The van der Waals surface area contributed by atoms with Gasteiger partial charge in [0.05, 0.1) is 0 Å². The van der Waals surface area contributed by atoms with Crippen LogP contribution in [0, 0.1) is 12.7 Å². The molecule has 0 spiro atoms. The Kier molecular flexibility index (Phi) is 5.10. The Bertz CT molecular complexity index is 687. The predicted molar refractivity (Wildman–Crippen MR) is 88.8 cm³/mol. The van der Waals surface area contributed by atoms with Crippen molar-refractivity contribution in [2.75, 3.05) is 5.32 Å². The monoisotopic (exact) mass is 297 g/mol. The average Bonchev–Trinajstić information content (AvgIpc) is 2.49. The van der Waals surface area contributed by atoms with Crippen LogP contribution in [-0.4, -0.2) is 5.78 Å². The summed E-state index contributed by atoms with van der Waals surface area (Å²) < 4.78 is 13.0. The molecule has 0 radical (unpaired) electrons. The van der Waals surface area contributed by atoms with Crippen molar-refractivity contribution in [3.8, 4) is 0 Å². The number of benzene rings is 2. The lowest BCUT2D eigenvalue weighted by Gasteiger charge is -2.06. The van der Waals surface area contributed by atoms with Gasteiger partial charge in [-0.2, -0.15) is 0 Å². The zero-order chi connectivity index (χ0) is 16.1. The van der Waals surface area contributed by atoms with Gasteiger partial charge in [0.2, 0.25) is 0 Å². The Balaban J connectivity index is 2.02. The van der Waals surface area contributed by atoms with Crippen LogP contribution in [0.1, 0.15) is 41.3 Å². The van der Waals surface area contributed by atoms with E-state index in [2.05, 4.69) is 19.2 Å². The molecule has 0 aliphatic heterocycles. The van der Waals surface area contributed by atoms with Gasteiger partial charge in [-0.1, -0.05) is 38.1 Å². The Morgan fingerprint density at radius 1 is 1.14 bits per heavy atom. The molecule has 114 valence electrons. The molecule has 0 aromatic heterocycles. The van der Waals surface area contributed by atoms with Crippen LogP contribution in [0.15, 0.2) is 54.7 Å². The number of hydrogen-bond acceptors (Lipinski definition) is 2. The first-order valence-electron chi connectivity index (χ1n) is 7.31. The molecule has 0 bridgehead atoms. The standard InChI is InChI=1S/C19H20FNO/c1-13(2)15-4-6-16(7-5-15)19(22)10-11-21-18-9-8-17(20)12-14(18)3/h4-13,21H,1-3H3. The summed E-state index contributed by atoms with van der Waals surface area (Å²) in [5, 5.41) is 3.00. The van der Waals surface area contributed by atoms with Crippen LogP contribution in [0.5, 0.6) is 0 Å². The zero-order valence-corrected chi connectivity index (χ0v) is 13.1. The average molecular weight is 297 g/mol. The summed E-state index contributed by atoms with van der Waals surface area (Å²) in [5.41, 5.74) is 3.43. The maximum Gasteiger partial charge on any atom is 0.187 e. The van der Waals surface area contributed by atoms with Crippen molar-refractivity contribution >= 4 is 11.5 Å². The van der Waals surface area contributed by atoms with Crippen molar-refractivity contribution in [2.24, 2.45) is 0 Å². The van der Waals surface area contributed by atoms with Crippen molar-refractivity contribution in [2.45, 2.75) is 26.7 Å². The van der Waals surface area contributed by atoms with Crippen LogP contribution in [0.2, 0.25) is 0 Å². The van der Waals surface area contributed by atoms with E-state index in [0.717, 1.165) is 11.3 Å². The topological polar surface area (TPSA) is 29.1 Å². The molecule has 0 fully saturated rings. The molecule has 2 rings (SSSR count). The van der Waals surface area contributed by atoms with Crippen LogP contribution in [0.25, 0.3) is 0 Å². The highest BCUT2D eigenvalue weighted by atomic mass is 19.1. The van der Waals surface area contributed by atoms with Gasteiger partial charge in [-0.25, -0.2) is 4.39 Å². The van der Waals surface area contributed by atoms with E-state index in [1.54, 1.807) is 12.3 Å². The first kappa shape index (κ1) is 16.0. The molecule has 0 saturated heterocycles. The summed E-state index contributed by atoms with van der Waals surface area (Å²) >= 11 is 0. The van der Waals surface area contributed by atoms with E-state index in [-0.39, 0.29) is 11.6 Å². The van der Waals surface area contributed by atoms with Gasteiger partial charge in [-0.15, -0.1) is 0 Å². The fourth-order valence-corrected chi connectivity index (χ4v) is 2.12. The molecular formula is C19H20FNO. The van der Waals surface area contributed by atoms with E-state index in [1.165, 1.54) is 23.8 Å². The summed E-state index contributed by atoms with van der Waals surface area (Å²) in [4.78, 5) is 12.1. The number of halogens is 1. The van der Waals surface area contributed by atoms with E-state index in [9.17, 15) is 9.18 Å². The highest BCUT2D eigenvalue weighted by molar-refractivity contribution is 6.04. The van der Waals surface area contributed by atoms with Gasteiger partial charge in [-0.05, 0) is 42.2 Å². The Labute approximate surface area is 130 Å². The molecule has 0 amide bonds. The molecule has 2 nitrogen and oxygen atoms in total. The van der Waals surface area contributed by atoms with E-state index in [0.29, 0.717) is 11.5 Å². The van der Waals surface area contributed by atoms with Gasteiger partial charge in [0.25, 0.3) is 0 Å². The number of rotatable bonds is 5. The molecular weight excluding hydrogens is 277 g/mol. The van der Waals surface area contributed by atoms with Crippen molar-refractivity contribution < 1.29 is 9.18 Å². The third-order valence-corrected chi connectivity index (χ3v) is 3.52. The largest absolute Gasteiger partial charge is 0.361 e.